The molecule has 0 unspecified atom stereocenters. The van der Waals surface area contributed by atoms with Gasteiger partial charge in [-0.2, -0.15) is 0 Å². The Bertz CT molecular complexity index is 728. The van der Waals surface area contributed by atoms with Crippen LogP contribution in [0.5, 0.6) is 0 Å². The van der Waals surface area contributed by atoms with Crippen LogP contribution in [0.1, 0.15) is 38.2 Å². The molecule has 2 aromatic rings. The van der Waals surface area contributed by atoms with Crippen LogP contribution in [0.2, 0.25) is 0 Å². The molecule has 1 fully saturated rings. The van der Waals surface area contributed by atoms with Gasteiger partial charge in [0.2, 0.25) is 11.8 Å². The van der Waals surface area contributed by atoms with Crippen molar-refractivity contribution in [2.75, 3.05) is 18.4 Å². The molecule has 1 saturated carbocycles. The van der Waals surface area contributed by atoms with Gasteiger partial charge < -0.3 is 14.7 Å². The highest BCUT2D eigenvalue weighted by Gasteiger charge is 2.45. The van der Waals surface area contributed by atoms with Gasteiger partial charge in [-0.3, -0.25) is 9.59 Å². The van der Waals surface area contributed by atoms with Crippen LogP contribution in [0.25, 0.3) is 0 Å². The van der Waals surface area contributed by atoms with Gasteiger partial charge in [-0.05, 0) is 30.2 Å². The quantitative estimate of drug-likeness (QED) is 0.788. The minimum Gasteiger partial charge on any atom is -0.363 e. The van der Waals surface area contributed by atoms with Crippen LogP contribution in [0.3, 0.4) is 0 Å². The van der Waals surface area contributed by atoms with E-state index < -0.39 is 0 Å². The molecule has 3 rings (SSSR count). The summed E-state index contributed by atoms with van der Waals surface area (Å²) in [5.74, 6) is 0.879. The first-order valence-electron chi connectivity index (χ1n) is 9.08. The summed E-state index contributed by atoms with van der Waals surface area (Å²) in [4.78, 5) is 26.9. The highest BCUT2D eigenvalue weighted by molar-refractivity contribution is 5.94. The molecule has 26 heavy (non-hydrogen) atoms. The first kappa shape index (κ1) is 18.2. The molecule has 0 spiro atoms. The number of rotatable bonds is 8. The third kappa shape index (κ3) is 4.71. The van der Waals surface area contributed by atoms with Crippen molar-refractivity contribution in [3.63, 3.8) is 0 Å². The Morgan fingerprint density at radius 1 is 1.27 bits per heavy atom. The number of nitrogens with zero attached hydrogens (tertiary/aromatic N) is 2. The Balaban J connectivity index is 1.61. The highest BCUT2D eigenvalue weighted by atomic mass is 16.5. The normalized spacial score (nSPS) is 18.6. The largest absolute Gasteiger partial charge is 0.363 e. The number of hydrogen-bond donors (Lipinski definition) is 1. The highest BCUT2D eigenvalue weighted by Crippen LogP contribution is 2.48. The summed E-state index contributed by atoms with van der Waals surface area (Å²) in [5.41, 5.74) is 1.20. The van der Waals surface area contributed by atoms with E-state index in [1.54, 1.807) is 11.0 Å². The standard InChI is InChI=1S/C20H25N3O3/c1-14(2)8-10-23(13-19(24)21-18-9-11-26-22-18)20(25)17-12-16(17)15-6-4-3-5-7-15/h3-7,9,11,14,16-17H,8,10,12-13H2,1-2H3,(H,21,22,24)/t16-,17-/m0/s1. The lowest BCUT2D eigenvalue weighted by molar-refractivity contribution is -0.136. The Morgan fingerprint density at radius 3 is 2.69 bits per heavy atom. The van der Waals surface area contributed by atoms with Crippen LogP contribution < -0.4 is 5.32 Å². The average Bonchev–Trinajstić information content (AvgIpc) is 3.28. The van der Waals surface area contributed by atoms with Gasteiger partial charge in [-0.15, -0.1) is 0 Å². The van der Waals surface area contributed by atoms with Crippen molar-refractivity contribution in [3.05, 3.63) is 48.2 Å². The fourth-order valence-corrected chi connectivity index (χ4v) is 3.08. The van der Waals surface area contributed by atoms with Gasteiger partial charge in [-0.1, -0.05) is 49.3 Å². The molecule has 138 valence electrons. The maximum absolute atomic E-state index is 13.0. The monoisotopic (exact) mass is 355 g/mol. The summed E-state index contributed by atoms with van der Waals surface area (Å²) in [6, 6.07) is 11.7. The van der Waals surface area contributed by atoms with Crippen LogP contribution in [-0.4, -0.2) is 35.0 Å². The van der Waals surface area contributed by atoms with Crippen LogP contribution in [0.4, 0.5) is 5.82 Å². The predicted octanol–water partition coefficient (Wildman–Crippen LogP) is 3.29. The molecular weight excluding hydrogens is 330 g/mol. The molecule has 1 N–H and O–H groups in total. The number of anilines is 1. The van der Waals surface area contributed by atoms with E-state index in [1.807, 2.05) is 18.2 Å². The van der Waals surface area contributed by atoms with Crippen molar-refractivity contribution in [1.29, 1.82) is 0 Å². The zero-order valence-corrected chi connectivity index (χ0v) is 15.2. The number of benzene rings is 1. The fraction of sp³-hybridized carbons (Fsp3) is 0.450. The molecular formula is C20H25N3O3. The van der Waals surface area contributed by atoms with E-state index in [0.717, 1.165) is 12.8 Å². The van der Waals surface area contributed by atoms with Crippen LogP contribution in [-0.2, 0) is 9.59 Å². The average molecular weight is 355 g/mol. The summed E-state index contributed by atoms with van der Waals surface area (Å²) in [6.07, 6.45) is 3.11. The molecule has 1 aromatic carbocycles. The zero-order valence-electron chi connectivity index (χ0n) is 15.2. The summed E-state index contributed by atoms with van der Waals surface area (Å²) >= 11 is 0. The van der Waals surface area contributed by atoms with Crippen molar-refractivity contribution in [1.82, 2.24) is 10.1 Å². The van der Waals surface area contributed by atoms with E-state index in [4.69, 9.17) is 4.52 Å². The predicted molar refractivity (Wildman–Crippen MR) is 98.5 cm³/mol. The summed E-state index contributed by atoms with van der Waals surface area (Å²) < 4.78 is 4.71. The van der Waals surface area contributed by atoms with E-state index >= 15 is 0 Å². The lowest BCUT2D eigenvalue weighted by Gasteiger charge is -2.23. The van der Waals surface area contributed by atoms with Gasteiger partial charge in [0.1, 0.15) is 6.26 Å². The van der Waals surface area contributed by atoms with Crippen LogP contribution in [0, 0.1) is 11.8 Å². The summed E-state index contributed by atoms with van der Waals surface area (Å²) in [7, 11) is 0. The molecule has 1 aliphatic carbocycles. The smallest absolute Gasteiger partial charge is 0.245 e. The summed E-state index contributed by atoms with van der Waals surface area (Å²) in [5, 5.41) is 6.33. The van der Waals surface area contributed by atoms with Crippen LogP contribution in [0.15, 0.2) is 47.2 Å². The van der Waals surface area contributed by atoms with Gasteiger partial charge in [0.25, 0.3) is 0 Å². The first-order chi connectivity index (χ1) is 12.5. The van der Waals surface area contributed by atoms with Gasteiger partial charge in [-0.25, -0.2) is 0 Å². The first-order valence-corrected chi connectivity index (χ1v) is 9.08. The van der Waals surface area contributed by atoms with Gasteiger partial charge in [0, 0.05) is 18.5 Å². The number of hydrogen-bond acceptors (Lipinski definition) is 4. The maximum Gasteiger partial charge on any atom is 0.245 e. The molecule has 6 heteroatoms. The van der Waals surface area contributed by atoms with Crippen molar-refractivity contribution < 1.29 is 14.1 Å². The fourth-order valence-electron chi connectivity index (χ4n) is 3.08. The lowest BCUT2D eigenvalue weighted by atomic mass is 10.1. The lowest BCUT2D eigenvalue weighted by Crippen LogP contribution is -2.40. The Hall–Kier alpha value is -2.63. The van der Waals surface area contributed by atoms with Crippen molar-refractivity contribution in [2.45, 2.75) is 32.6 Å². The molecule has 0 bridgehead atoms. The number of nitrogens with one attached hydrogen (secondary N) is 1. The molecule has 1 heterocycles. The maximum atomic E-state index is 13.0. The van der Waals surface area contributed by atoms with Crippen LogP contribution >= 0.6 is 0 Å². The van der Waals surface area contributed by atoms with Crippen molar-refractivity contribution >= 4 is 17.6 Å². The number of carbonyl (C=O) groups excluding carboxylic acids is 2. The number of amides is 2. The third-order valence-electron chi connectivity index (χ3n) is 4.66. The van der Waals surface area contributed by atoms with E-state index in [2.05, 4.69) is 36.5 Å². The van der Waals surface area contributed by atoms with Gasteiger partial charge >= 0.3 is 0 Å². The Labute approximate surface area is 153 Å². The van der Waals surface area contributed by atoms with Gasteiger partial charge in [0.15, 0.2) is 5.82 Å². The summed E-state index contributed by atoms with van der Waals surface area (Å²) in [6.45, 7) is 4.85. The molecule has 0 aliphatic heterocycles. The van der Waals surface area contributed by atoms with E-state index in [-0.39, 0.29) is 30.2 Å². The number of aromatic nitrogens is 1. The molecule has 1 aliphatic rings. The van der Waals surface area contributed by atoms with E-state index in [1.165, 1.54) is 11.8 Å². The third-order valence-corrected chi connectivity index (χ3v) is 4.66. The minimum absolute atomic E-state index is 0.0237. The van der Waals surface area contributed by atoms with Crippen molar-refractivity contribution in [2.24, 2.45) is 11.8 Å². The molecule has 0 saturated heterocycles. The SMILES string of the molecule is CC(C)CCN(CC(=O)Nc1ccon1)C(=O)[C@H]1C[C@H]1c1ccccc1. The van der Waals surface area contributed by atoms with E-state index in [9.17, 15) is 9.59 Å². The molecule has 1 aromatic heterocycles. The second kappa shape index (κ2) is 8.17. The zero-order chi connectivity index (χ0) is 18.5. The number of carbonyl (C=O) groups is 2. The Morgan fingerprint density at radius 2 is 2.04 bits per heavy atom. The van der Waals surface area contributed by atoms with Gasteiger partial charge in [0.05, 0.1) is 6.54 Å². The second-order valence-electron chi connectivity index (χ2n) is 7.23. The molecule has 0 radical (unpaired) electrons. The molecule has 2 atom stereocenters. The van der Waals surface area contributed by atoms with Crippen molar-refractivity contribution in [3.8, 4) is 0 Å². The van der Waals surface area contributed by atoms with E-state index in [0.29, 0.717) is 18.3 Å². The second-order valence-corrected chi connectivity index (χ2v) is 7.23. The molecule has 2 amide bonds. The molecule has 6 nitrogen and oxygen atoms in total. The topological polar surface area (TPSA) is 75.4 Å². The minimum atomic E-state index is -0.257. The Kier molecular flexibility index (Phi) is 5.71.